The molecule has 26 heavy (non-hydrogen) atoms. The van der Waals surface area contributed by atoms with Gasteiger partial charge in [-0.25, -0.2) is 4.98 Å². The van der Waals surface area contributed by atoms with Crippen molar-refractivity contribution in [2.75, 3.05) is 0 Å². The van der Waals surface area contributed by atoms with E-state index in [4.69, 9.17) is 11.6 Å². The Morgan fingerprint density at radius 2 is 1.92 bits per heavy atom. The number of aromatic nitrogens is 3. The zero-order chi connectivity index (χ0) is 18.1. The molecule has 0 aliphatic heterocycles. The Labute approximate surface area is 153 Å². The van der Waals surface area contributed by atoms with E-state index < -0.39 is 0 Å². The standard InChI is InChI=1S/C19H15ClN4O2/c20-14-7-3-1-5-12(14)9-21-16(25)10-24-11-22-17-13-6-2-4-8-15(13)23-18(17)19(24)26/h1-8,11,23H,9-10H2,(H,21,25). The molecule has 0 spiro atoms. The lowest BCUT2D eigenvalue weighted by atomic mass is 10.2. The average Bonchev–Trinajstić information content (AvgIpc) is 3.03. The van der Waals surface area contributed by atoms with E-state index in [2.05, 4.69) is 15.3 Å². The molecule has 4 rings (SSSR count). The Balaban J connectivity index is 1.56. The average molecular weight is 367 g/mol. The second-order valence-electron chi connectivity index (χ2n) is 5.94. The number of halogens is 1. The molecule has 0 unspecified atom stereocenters. The molecule has 0 saturated heterocycles. The van der Waals surface area contributed by atoms with Crippen LogP contribution >= 0.6 is 11.6 Å². The Kier molecular flexibility index (Phi) is 4.18. The van der Waals surface area contributed by atoms with E-state index in [0.29, 0.717) is 22.6 Å². The number of H-pyrrole nitrogens is 1. The maximum Gasteiger partial charge on any atom is 0.278 e. The van der Waals surface area contributed by atoms with Gasteiger partial charge in [-0.15, -0.1) is 0 Å². The Morgan fingerprint density at radius 3 is 2.77 bits per heavy atom. The van der Waals surface area contributed by atoms with Crippen molar-refractivity contribution in [2.45, 2.75) is 13.1 Å². The van der Waals surface area contributed by atoms with Crippen molar-refractivity contribution in [1.29, 1.82) is 0 Å². The zero-order valence-corrected chi connectivity index (χ0v) is 14.5. The number of nitrogens with one attached hydrogen (secondary N) is 2. The normalized spacial score (nSPS) is 11.1. The van der Waals surface area contributed by atoms with Gasteiger partial charge in [0.15, 0.2) is 0 Å². The number of aromatic amines is 1. The number of nitrogens with zero attached hydrogens (tertiary/aromatic N) is 2. The van der Waals surface area contributed by atoms with Gasteiger partial charge in [-0.3, -0.25) is 14.2 Å². The minimum Gasteiger partial charge on any atom is -0.350 e. The van der Waals surface area contributed by atoms with Crippen LogP contribution in [-0.4, -0.2) is 20.4 Å². The van der Waals surface area contributed by atoms with Gasteiger partial charge in [-0.1, -0.05) is 48.0 Å². The molecule has 2 aromatic carbocycles. The van der Waals surface area contributed by atoms with Crippen LogP contribution in [0.15, 0.2) is 59.7 Å². The number of amides is 1. The van der Waals surface area contributed by atoms with Gasteiger partial charge in [0.25, 0.3) is 5.56 Å². The maximum absolute atomic E-state index is 12.7. The van der Waals surface area contributed by atoms with Crippen molar-refractivity contribution in [3.8, 4) is 0 Å². The van der Waals surface area contributed by atoms with Crippen LogP contribution in [0.5, 0.6) is 0 Å². The third-order valence-electron chi connectivity index (χ3n) is 4.23. The number of fused-ring (bicyclic) bond motifs is 3. The summed E-state index contributed by atoms with van der Waals surface area (Å²) in [6.45, 7) is 0.191. The van der Waals surface area contributed by atoms with Crippen molar-refractivity contribution in [1.82, 2.24) is 19.9 Å². The number of rotatable bonds is 4. The predicted octanol–water partition coefficient (Wildman–Crippen LogP) is 2.85. The number of para-hydroxylation sites is 1. The van der Waals surface area contributed by atoms with Crippen molar-refractivity contribution in [3.05, 3.63) is 75.8 Å². The third-order valence-corrected chi connectivity index (χ3v) is 4.60. The van der Waals surface area contributed by atoms with E-state index in [0.717, 1.165) is 16.5 Å². The highest BCUT2D eigenvalue weighted by atomic mass is 35.5. The van der Waals surface area contributed by atoms with Crippen LogP contribution in [0.4, 0.5) is 0 Å². The van der Waals surface area contributed by atoms with Gasteiger partial charge in [0.2, 0.25) is 5.91 Å². The van der Waals surface area contributed by atoms with Crippen LogP contribution in [0.3, 0.4) is 0 Å². The topological polar surface area (TPSA) is 79.8 Å². The van der Waals surface area contributed by atoms with E-state index in [-0.39, 0.29) is 18.0 Å². The van der Waals surface area contributed by atoms with E-state index in [1.54, 1.807) is 6.07 Å². The molecule has 2 heterocycles. The summed E-state index contributed by atoms with van der Waals surface area (Å²) in [4.78, 5) is 32.3. The molecule has 1 amide bonds. The van der Waals surface area contributed by atoms with Crippen LogP contribution in [-0.2, 0) is 17.9 Å². The SMILES string of the molecule is O=C(Cn1cnc2c([nH]c3ccccc32)c1=O)NCc1ccccc1Cl. The van der Waals surface area contributed by atoms with Gasteiger partial charge in [0.1, 0.15) is 17.6 Å². The Bertz CT molecular complexity index is 1180. The molecule has 6 nitrogen and oxygen atoms in total. The molecule has 0 aliphatic carbocycles. The van der Waals surface area contributed by atoms with Gasteiger partial charge in [0, 0.05) is 22.5 Å². The minimum absolute atomic E-state index is 0.110. The van der Waals surface area contributed by atoms with E-state index >= 15 is 0 Å². The lowest BCUT2D eigenvalue weighted by Gasteiger charge is -2.08. The number of hydrogen-bond donors (Lipinski definition) is 2. The smallest absolute Gasteiger partial charge is 0.278 e. The van der Waals surface area contributed by atoms with Crippen LogP contribution in [0.1, 0.15) is 5.56 Å². The number of carbonyl (C=O) groups is 1. The first kappa shape index (κ1) is 16.4. The molecule has 2 aromatic heterocycles. The minimum atomic E-state index is -0.288. The van der Waals surface area contributed by atoms with E-state index in [9.17, 15) is 9.59 Å². The van der Waals surface area contributed by atoms with Crippen LogP contribution in [0.2, 0.25) is 5.02 Å². The highest BCUT2D eigenvalue weighted by Gasteiger charge is 2.12. The van der Waals surface area contributed by atoms with Crippen molar-refractivity contribution >= 4 is 39.4 Å². The van der Waals surface area contributed by atoms with Gasteiger partial charge >= 0.3 is 0 Å². The number of hydrogen-bond acceptors (Lipinski definition) is 3. The first-order valence-corrected chi connectivity index (χ1v) is 8.47. The molecule has 0 saturated carbocycles. The molecule has 2 N–H and O–H groups in total. The molecular weight excluding hydrogens is 352 g/mol. The molecule has 7 heteroatoms. The monoisotopic (exact) mass is 366 g/mol. The van der Waals surface area contributed by atoms with Gasteiger partial charge in [0.05, 0.1) is 6.33 Å². The summed E-state index contributed by atoms with van der Waals surface area (Å²) in [6, 6.07) is 14.9. The largest absolute Gasteiger partial charge is 0.350 e. The molecule has 0 bridgehead atoms. The second kappa shape index (κ2) is 6.65. The van der Waals surface area contributed by atoms with Crippen LogP contribution in [0.25, 0.3) is 21.9 Å². The number of carbonyl (C=O) groups excluding carboxylic acids is 1. The van der Waals surface area contributed by atoms with Gasteiger partial charge < -0.3 is 10.3 Å². The predicted molar refractivity (Wildman–Crippen MR) is 101 cm³/mol. The van der Waals surface area contributed by atoms with Gasteiger partial charge in [-0.05, 0) is 17.7 Å². The molecule has 0 radical (unpaired) electrons. The molecule has 0 atom stereocenters. The summed E-state index contributed by atoms with van der Waals surface area (Å²) in [5.41, 5.74) is 2.39. The fourth-order valence-electron chi connectivity index (χ4n) is 2.90. The van der Waals surface area contributed by atoms with Gasteiger partial charge in [-0.2, -0.15) is 0 Å². The molecule has 4 aromatic rings. The third kappa shape index (κ3) is 2.95. The van der Waals surface area contributed by atoms with Crippen LogP contribution in [0, 0.1) is 0 Å². The number of benzene rings is 2. The molecule has 130 valence electrons. The summed E-state index contributed by atoms with van der Waals surface area (Å²) >= 11 is 6.08. The molecule has 0 fully saturated rings. The van der Waals surface area contributed by atoms with E-state index in [1.807, 2.05) is 42.5 Å². The highest BCUT2D eigenvalue weighted by Crippen LogP contribution is 2.20. The lowest BCUT2D eigenvalue weighted by molar-refractivity contribution is -0.121. The summed E-state index contributed by atoms with van der Waals surface area (Å²) in [5, 5.41) is 4.24. The summed E-state index contributed by atoms with van der Waals surface area (Å²) in [7, 11) is 0. The quantitative estimate of drug-likeness (QED) is 0.583. The lowest BCUT2D eigenvalue weighted by Crippen LogP contribution is -2.32. The highest BCUT2D eigenvalue weighted by molar-refractivity contribution is 6.31. The summed E-state index contributed by atoms with van der Waals surface area (Å²) < 4.78 is 1.29. The van der Waals surface area contributed by atoms with Crippen LogP contribution < -0.4 is 10.9 Å². The fourth-order valence-corrected chi connectivity index (χ4v) is 3.10. The second-order valence-corrected chi connectivity index (χ2v) is 6.35. The Hall–Kier alpha value is -3.12. The summed E-state index contributed by atoms with van der Waals surface area (Å²) in [5.74, 6) is -0.288. The van der Waals surface area contributed by atoms with Crippen molar-refractivity contribution in [2.24, 2.45) is 0 Å². The van der Waals surface area contributed by atoms with Crippen molar-refractivity contribution < 1.29 is 4.79 Å². The maximum atomic E-state index is 12.7. The zero-order valence-electron chi connectivity index (χ0n) is 13.7. The van der Waals surface area contributed by atoms with E-state index in [1.165, 1.54) is 10.9 Å². The molecule has 0 aliphatic rings. The van der Waals surface area contributed by atoms with Crippen molar-refractivity contribution in [3.63, 3.8) is 0 Å². The Morgan fingerprint density at radius 1 is 1.15 bits per heavy atom. The summed E-state index contributed by atoms with van der Waals surface area (Å²) in [6.07, 6.45) is 1.40. The first-order valence-electron chi connectivity index (χ1n) is 8.09. The first-order chi connectivity index (χ1) is 12.6. The molecular formula is C19H15ClN4O2. The fraction of sp³-hybridized carbons (Fsp3) is 0.105.